The van der Waals surface area contributed by atoms with E-state index in [1.54, 1.807) is 0 Å². The lowest BCUT2D eigenvalue weighted by Crippen LogP contribution is -2.00. The van der Waals surface area contributed by atoms with Gasteiger partial charge in [0.05, 0.1) is 27.6 Å². The van der Waals surface area contributed by atoms with Crippen molar-refractivity contribution in [3.63, 3.8) is 0 Å². The molecule has 128 valence electrons. The van der Waals surface area contributed by atoms with Crippen LogP contribution in [-0.4, -0.2) is 24.5 Å². The molecule has 0 aliphatic rings. The summed E-state index contributed by atoms with van der Waals surface area (Å²) < 4.78 is 2.26. The van der Waals surface area contributed by atoms with Crippen LogP contribution in [0.15, 0.2) is 48.5 Å². The molecule has 0 atom stereocenters. The van der Waals surface area contributed by atoms with Crippen molar-refractivity contribution in [2.24, 2.45) is 0 Å². The summed E-state index contributed by atoms with van der Waals surface area (Å²) in [6.07, 6.45) is 1.04. The van der Waals surface area contributed by atoms with E-state index in [4.69, 9.17) is 15.0 Å². The zero-order valence-electron chi connectivity index (χ0n) is 14.8. The topological polar surface area (TPSA) is 59.4 Å². The molecule has 5 heteroatoms. The fraction of sp³-hybridized carbons (Fsp3) is 0.190. The second-order valence-corrected chi connectivity index (χ2v) is 6.60. The Morgan fingerprint density at radius 1 is 0.885 bits per heavy atom. The van der Waals surface area contributed by atoms with Gasteiger partial charge in [0.15, 0.2) is 5.65 Å². The number of benzene rings is 2. The number of para-hydroxylation sites is 4. The van der Waals surface area contributed by atoms with Crippen molar-refractivity contribution < 1.29 is 0 Å². The van der Waals surface area contributed by atoms with Gasteiger partial charge in [0.25, 0.3) is 0 Å². The number of aryl methyl sites for hydroxylation is 1. The first-order valence-corrected chi connectivity index (χ1v) is 8.97. The number of hydrogen-bond donors (Lipinski definition) is 1. The van der Waals surface area contributed by atoms with Crippen LogP contribution in [0.5, 0.6) is 0 Å². The summed E-state index contributed by atoms with van der Waals surface area (Å²) in [6.45, 7) is 5.22. The zero-order valence-corrected chi connectivity index (χ0v) is 14.8. The van der Waals surface area contributed by atoms with Crippen LogP contribution in [0.1, 0.15) is 19.0 Å². The summed E-state index contributed by atoms with van der Waals surface area (Å²) in [6, 6.07) is 16.1. The van der Waals surface area contributed by atoms with Gasteiger partial charge in [0.2, 0.25) is 0 Å². The van der Waals surface area contributed by atoms with Crippen molar-refractivity contribution >= 4 is 33.2 Å². The third kappa shape index (κ3) is 2.13. The van der Waals surface area contributed by atoms with Crippen LogP contribution in [0.2, 0.25) is 0 Å². The normalized spacial score (nSPS) is 11.8. The fourth-order valence-electron chi connectivity index (χ4n) is 3.66. The van der Waals surface area contributed by atoms with Crippen molar-refractivity contribution in [1.29, 1.82) is 0 Å². The Hall–Kier alpha value is -3.21. The molecule has 0 saturated heterocycles. The Labute approximate surface area is 150 Å². The Bertz CT molecular complexity index is 1230. The molecule has 3 heterocycles. The van der Waals surface area contributed by atoms with E-state index in [1.807, 2.05) is 48.5 Å². The number of rotatable bonds is 3. The fourth-order valence-corrected chi connectivity index (χ4v) is 3.66. The van der Waals surface area contributed by atoms with E-state index in [0.29, 0.717) is 0 Å². The van der Waals surface area contributed by atoms with Crippen molar-refractivity contribution in [3.05, 3.63) is 54.2 Å². The van der Waals surface area contributed by atoms with Crippen LogP contribution in [0.4, 0.5) is 0 Å². The SMILES string of the molecule is CCCn1c(C)c(-c2nc3ccccc3[nH]2)c2nc3ccccc3nc21. The highest BCUT2D eigenvalue weighted by molar-refractivity contribution is 5.97. The van der Waals surface area contributed by atoms with E-state index < -0.39 is 0 Å². The molecule has 5 rings (SSSR count). The van der Waals surface area contributed by atoms with Crippen LogP contribution in [-0.2, 0) is 6.54 Å². The minimum atomic E-state index is 0.855. The quantitative estimate of drug-likeness (QED) is 0.510. The van der Waals surface area contributed by atoms with Gasteiger partial charge in [-0.3, -0.25) is 0 Å². The van der Waals surface area contributed by atoms with E-state index in [2.05, 4.69) is 23.4 Å². The second kappa shape index (κ2) is 5.66. The van der Waals surface area contributed by atoms with Gasteiger partial charge in [-0.2, -0.15) is 0 Å². The Kier molecular flexibility index (Phi) is 3.28. The van der Waals surface area contributed by atoms with E-state index in [9.17, 15) is 0 Å². The summed E-state index contributed by atoms with van der Waals surface area (Å²) >= 11 is 0. The number of aromatic amines is 1. The number of aromatic nitrogens is 5. The number of nitrogens with zero attached hydrogens (tertiary/aromatic N) is 4. The van der Waals surface area contributed by atoms with Gasteiger partial charge in [-0.1, -0.05) is 31.2 Å². The Balaban J connectivity index is 1.88. The molecule has 0 spiro atoms. The number of fused-ring (bicyclic) bond motifs is 3. The second-order valence-electron chi connectivity index (χ2n) is 6.60. The highest BCUT2D eigenvalue weighted by Gasteiger charge is 2.21. The molecule has 0 bridgehead atoms. The van der Waals surface area contributed by atoms with Gasteiger partial charge in [-0.15, -0.1) is 0 Å². The molecule has 1 N–H and O–H groups in total. The van der Waals surface area contributed by atoms with Crippen molar-refractivity contribution in [3.8, 4) is 11.4 Å². The number of nitrogens with one attached hydrogen (secondary N) is 1. The molecular weight excluding hydrogens is 322 g/mol. The van der Waals surface area contributed by atoms with Gasteiger partial charge in [-0.05, 0) is 37.6 Å². The van der Waals surface area contributed by atoms with E-state index >= 15 is 0 Å². The number of hydrogen-bond acceptors (Lipinski definition) is 3. The van der Waals surface area contributed by atoms with Crippen LogP contribution in [0.3, 0.4) is 0 Å². The third-order valence-corrected chi connectivity index (χ3v) is 4.88. The van der Waals surface area contributed by atoms with Crippen molar-refractivity contribution in [2.45, 2.75) is 26.8 Å². The predicted molar refractivity (Wildman–Crippen MR) is 105 cm³/mol. The molecule has 0 fully saturated rings. The van der Waals surface area contributed by atoms with E-state index in [1.165, 1.54) is 0 Å². The number of H-pyrrole nitrogens is 1. The Morgan fingerprint density at radius 3 is 2.31 bits per heavy atom. The Morgan fingerprint density at radius 2 is 1.58 bits per heavy atom. The maximum absolute atomic E-state index is 4.94. The lowest BCUT2D eigenvalue weighted by molar-refractivity contribution is 0.681. The average molecular weight is 341 g/mol. The predicted octanol–water partition coefficient (Wildman–Crippen LogP) is 4.85. The number of imidazole rings is 1. The molecule has 2 aromatic carbocycles. The average Bonchev–Trinajstić information content (AvgIpc) is 3.19. The first-order valence-electron chi connectivity index (χ1n) is 8.97. The van der Waals surface area contributed by atoms with Crippen LogP contribution >= 0.6 is 0 Å². The summed E-state index contributed by atoms with van der Waals surface area (Å²) in [4.78, 5) is 18.1. The summed E-state index contributed by atoms with van der Waals surface area (Å²) in [5.41, 5.74) is 7.86. The maximum Gasteiger partial charge on any atom is 0.160 e. The highest BCUT2D eigenvalue weighted by atomic mass is 15.1. The first-order chi connectivity index (χ1) is 12.8. The van der Waals surface area contributed by atoms with Gasteiger partial charge in [-0.25, -0.2) is 15.0 Å². The smallest absolute Gasteiger partial charge is 0.160 e. The molecule has 0 radical (unpaired) electrons. The minimum Gasteiger partial charge on any atom is -0.338 e. The first kappa shape index (κ1) is 15.1. The molecular formula is C21H19N5. The van der Waals surface area contributed by atoms with E-state index in [0.717, 1.165) is 63.3 Å². The van der Waals surface area contributed by atoms with Gasteiger partial charge in [0.1, 0.15) is 11.3 Å². The van der Waals surface area contributed by atoms with Crippen LogP contribution in [0, 0.1) is 6.92 Å². The van der Waals surface area contributed by atoms with Crippen LogP contribution in [0.25, 0.3) is 44.6 Å². The molecule has 26 heavy (non-hydrogen) atoms. The van der Waals surface area contributed by atoms with Crippen molar-refractivity contribution in [1.82, 2.24) is 24.5 Å². The molecule has 0 aliphatic heterocycles. The lowest BCUT2D eigenvalue weighted by Gasteiger charge is -2.05. The van der Waals surface area contributed by atoms with E-state index in [-0.39, 0.29) is 0 Å². The van der Waals surface area contributed by atoms with Gasteiger partial charge >= 0.3 is 0 Å². The largest absolute Gasteiger partial charge is 0.338 e. The molecule has 0 aliphatic carbocycles. The summed E-state index contributed by atoms with van der Waals surface area (Å²) in [5, 5.41) is 0. The molecule has 5 nitrogen and oxygen atoms in total. The third-order valence-electron chi connectivity index (χ3n) is 4.88. The summed E-state index contributed by atoms with van der Waals surface area (Å²) in [5.74, 6) is 0.855. The summed E-state index contributed by atoms with van der Waals surface area (Å²) in [7, 11) is 0. The zero-order chi connectivity index (χ0) is 17.7. The molecule has 5 aromatic rings. The van der Waals surface area contributed by atoms with Crippen LogP contribution < -0.4 is 0 Å². The molecule has 0 saturated carbocycles. The highest BCUT2D eigenvalue weighted by Crippen LogP contribution is 2.33. The maximum atomic E-state index is 4.94. The minimum absolute atomic E-state index is 0.855. The van der Waals surface area contributed by atoms with Gasteiger partial charge in [0, 0.05) is 12.2 Å². The monoisotopic (exact) mass is 341 g/mol. The lowest BCUT2D eigenvalue weighted by atomic mass is 10.2. The molecule has 3 aromatic heterocycles. The molecule has 0 amide bonds. The standard InChI is InChI=1S/C21H19N5/c1-3-12-26-13(2)18(20-23-15-9-5-6-10-16(15)24-20)19-21(26)25-17-11-7-4-8-14(17)22-19/h4-11H,3,12H2,1-2H3,(H,23,24). The van der Waals surface area contributed by atoms with Gasteiger partial charge < -0.3 is 9.55 Å². The molecule has 0 unspecified atom stereocenters. The van der Waals surface area contributed by atoms with Crippen molar-refractivity contribution in [2.75, 3.05) is 0 Å².